The first-order valence-corrected chi connectivity index (χ1v) is 6.98. The van der Waals surface area contributed by atoms with Crippen LogP contribution in [0.4, 0.5) is 4.39 Å². The zero-order valence-corrected chi connectivity index (χ0v) is 11.9. The highest BCUT2D eigenvalue weighted by atomic mass is 35.5. The quantitative estimate of drug-likeness (QED) is 0.618. The molecule has 21 heavy (non-hydrogen) atoms. The largest absolute Gasteiger partial charge is 0.294 e. The molecular weight excluding hydrogens is 287 g/mol. The Morgan fingerprint density at radius 1 is 0.905 bits per heavy atom. The Hall–Kier alpha value is -2.19. The van der Waals surface area contributed by atoms with Crippen LogP contribution < -0.4 is 0 Å². The second-order valence-electron chi connectivity index (χ2n) is 4.87. The summed E-state index contributed by atoms with van der Waals surface area (Å²) in [6, 6.07) is 17.0. The van der Waals surface area contributed by atoms with E-state index in [2.05, 4.69) is 0 Å². The van der Waals surface area contributed by atoms with E-state index in [1.165, 1.54) is 12.1 Å². The Bertz CT molecular complexity index is 809. The lowest BCUT2D eigenvalue weighted by Crippen LogP contribution is -2.04. The number of carbonyl (C=O) groups is 1. The summed E-state index contributed by atoms with van der Waals surface area (Å²) in [5, 5.41) is 2.34. The van der Waals surface area contributed by atoms with Gasteiger partial charge >= 0.3 is 0 Å². The molecule has 0 aliphatic rings. The van der Waals surface area contributed by atoms with E-state index in [1.807, 2.05) is 24.3 Å². The first kappa shape index (κ1) is 13.8. The molecule has 0 spiro atoms. The van der Waals surface area contributed by atoms with Crippen molar-refractivity contribution in [2.75, 3.05) is 0 Å². The van der Waals surface area contributed by atoms with Crippen molar-refractivity contribution < 1.29 is 9.18 Å². The molecular formula is C18H12ClFO. The molecule has 0 saturated heterocycles. The molecule has 3 aromatic carbocycles. The summed E-state index contributed by atoms with van der Waals surface area (Å²) >= 11 is 6.16. The molecule has 3 rings (SSSR count). The number of benzene rings is 3. The summed E-state index contributed by atoms with van der Waals surface area (Å²) < 4.78 is 12.9. The molecule has 0 aliphatic heterocycles. The van der Waals surface area contributed by atoms with Gasteiger partial charge in [0.15, 0.2) is 5.78 Å². The monoisotopic (exact) mass is 298 g/mol. The summed E-state index contributed by atoms with van der Waals surface area (Å²) in [6.45, 7) is 0. The van der Waals surface area contributed by atoms with Gasteiger partial charge in [-0.05, 0) is 35.2 Å². The lowest BCUT2D eigenvalue weighted by molar-refractivity contribution is 0.0994. The number of fused-ring (bicyclic) bond motifs is 1. The molecule has 3 heteroatoms. The highest BCUT2D eigenvalue weighted by molar-refractivity contribution is 6.36. The minimum absolute atomic E-state index is 0.00512. The standard InChI is InChI=1S/C18H12ClFO/c19-17-10-9-16(14-3-1-2-4-15(14)17)18(21)11-12-5-7-13(20)8-6-12/h1-10H,11H2. The van der Waals surface area contributed by atoms with Gasteiger partial charge in [0.25, 0.3) is 0 Å². The van der Waals surface area contributed by atoms with Crippen LogP contribution in [0.5, 0.6) is 0 Å². The summed E-state index contributed by atoms with van der Waals surface area (Å²) in [5.41, 5.74) is 1.43. The Morgan fingerprint density at radius 3 is 2.29 bits per heavy atom. The summed E-state index contributed by atoms with van der Waals surface area (Å²) in [6.07, 6.45) is 0.242. The van der Waals surface area contributed by atoms with Gasteiger partial charge < -0.3 is 0 Å². The third kappa shape index (κ3) is 2.81. The molecule has 3 aromatic rings. The number of halogens is 2. The molecule has 0 aliphatic carbocycles. The lowest BCUT2D eigenvalue weighted by atomic mass is 9.97. The van der Waals surface area contributed by atoms with Gasteiger partial charge in [-0.15, -0.1) is 0 Å². The normalized spacial score (nSPS) is 10.8. The fraction of sp³-hybridized carbons (Fsp3) is 0.0556. The van der Waals surface area contributed by atoms with Crippen LogP contribution in [-0.4, -0.2) is 5.78 Å². The number of hydrogen-bond donors (Lipinski definition) is 0. The molecule has 0 fully saturated rings. The average Bonchev–Trinajstić information content (AvgIpc) is 2.50. The van der Waals surface area contributed by atoms with E-state index in [-0.39, 0.29) is 18.0 Å². The SMILES string of the molecule is O=C(Cc1ccc(F)cc1)c1ccc(Cl)c2ccccc12. The molecule has 0 aromatic heterocycles. The highest BCUT2D eigenvalue weighted by Crippen LogP contribution is 2.27. The van der Waals surface area contributed by atoms with Crippen molar-refractivity contribution in [3.63, 3.8) is 0 Å². The van der Waals surface area contributed by atoms with E-state index in [4.69, 9.17) is 11.6 Å². The van der Waals surface area contributed by atoms with Crippen molar-refractivity contribution in [1.29, 1.82) is 0 Å². The molecule has 0 radical (unpaired) electrons. The van der Waals surface area contributed by atoms with Gasteiger partial charge in [0.1, 0.15) is 5.82 Å². The molecule has 0 bridgehead atoms. The van der Waals surface area contributed by atoms with Gasteiger partial charge in [-0.25, -0.2) is 4.39 Å². The number of ketones is 1. The fourth-order valence-electron chi connectivity index (χ4n) is 2.39. The maximum atomic E-state index is 12.9. The zero-order chi connectivity index (χ0) is 14.8. The van der Waals surface area contributed by atoms with Gasteiger partial charge in [-0.3, -0.25) is 4.79 Å². The van der Waals surface area contributed by atoms with Gasteiger partial charge in [-0.2, -0.15) is 0 Å². The predicted molar refractivity (Wildman–Crippen MR) is 83.4 cm³/mol. The molecule has 1 nitrogen and oxygen atoms in total. The molecule has 104 valence electrons. The van der Waals surface area contributed by atoms with Crippen molar-refractivity contribution in [1.82, 2.24) is 0 Å². The smallest absolute Gasteiger partial charge is 0.167 e. The Kier molecular flexibility index (Phi) is 3.72. The topological polar surface area (TPSA) is 17.1 Å². The zero-order valence-electron chi connectivity index (χ0n) is 11.1. The molecule has 0 amide bonds. The van der Waals surface area contributed by atoms with Crippen molar-refractivity contribution in [3.8, 4) is 0 Å². The second-order valence-corrected chi connectivity index (χ2v) is 5.27. The van der Waals surface area contributed by atoms with E-state index in [0.717, 1.165) is 16.3 Å². The number of rotatable bonds is 3. The van der Waals surface area contributed by atoms with Gasteiger partial charge in [0.2, 0.25) is 0 Å². The summed E-state index contributed by atoms with van der Waals surface area (Å²) in [7, 11) is 0. The van der Waals surface area contributed by atoms with Crippen molar-refractivity contribution in [3.05, 3.63) is 82.6 Å². The first-order valence-electron chi connectivity index (χ1n) is 6.60. The summed E-state index contributed by atoms with van der Waals surface area (Å²) in [5.74, 6) is -0.308. The van der Waals surface area contributed by atoms with Crippen molar-refractivity contribution in [2.24, 2.45) is 0 Å². The predicted octanol–water partition coefficient (Wildman–Crippen LogP) is 5.06. The molecule has 0 N–H and O–H groups in total. The Balaban J connectivity index is 1.98. The first-order chi connectivity index (χ1) is 10.1. The maximum absolute atomic E-state index is 12.9. The van der Waals surface area contributed by atoms with Crippen LogP contribution in [0.2, 0.25) is 5.02 Å². The van der Waals surface area contributed by atoms with Crippen LogP contribution in [-0.2, 0) is 6.42 Å². The average molecular weight is 299 g/mol. The Morgan fingerprint density at radius 2 is 1.57 bits per heavy atom. The molecule has 0 heterocycles. The van der Waals surface area contributed by atoms with Crippen LogP contribution in [0.25, 0.3) is 10.8 Å². The van der Waals surface area contributed by atoms with E-state index in [9.17, 15) is 9.18 Å². The van der Waals surface area contributed by atoms with E-state index in [1.54, 1.807) is 24.3 Å². The minimum Gasteiger partial charge on any atom is -0.294 e. The van der Waals surface area contributed by atoms with Gasteiger partial charge in [0.05, 0.1) is 0 Å². The highest BCUT2D eigenvalue weighted by Gasteiger charge is 2.12. The number of Topliss-reactive ketones (excluding diaryl/α,β-unsaturated/α-hetero) is 1. The minimum atomic E-state index is -0.303. The van der Waals surface area contributed by atoms with E-state index in [0.29, 0.717) is 10.6 Å². The number of hydrogen-bond acceptors (Lipinski definition) is 1. The fourth-order valence-corrected chi connectivity index (χ4v) is 2.62. The third-order valence-corrected chi connectivity index (χ3v) is 3.78. The van der Waals surface area contributed by atoms with Crippen molar-refractivity contribution >= 4 is 28.2 Å². The van der Waals surface area contributed by atoms with Gasteiger partial charge in [0, 0.05) is 22.4 Å². The third-order valence-electron chi connectivity index (χ3n) is 3.45. The lowest BCUT2D eigenvalue weighted by Gasteiger charge is -2.07. The van der Waals surface area contributed by atoms with Crippen LogP contribution in [0, 0.1) is 5.82 Å². The van der Waals surface area contributed by atoms with Crippen LogP contribution in [0.3, 0.4) is 0 Å². The Labute approximate surface area is 127 Å². The van der Waals surface area contributed by atoms with Crippen molar-refractivity contribution in [2.45, 2.75) is 6.42 Å². The van der Waals surface area contributed by atoms with E-state index >= 15 is 0 Å². The maximum Gasteiger partial charge on any atom is 0.167 e. The van der Waals surface area contributed by atoms with Crippen LogP contribution in [0.15, 0.2) is 60.7 Å². The van der Waals surface area contributed by atoms with Gasteiger partial charge in [-0.1, -0.05) is 48.0 Å². The molecule has 0 saturated carbocycles. The van der Waals surface area contributed by atoms with E-state index < -0.39 is 0 Å². The summed E-state index contributed by atoms with van der Waals surface area (Å²) in [4.78, 5) is 12.5. The number of carbonyl (C=O) groups excluding carboxylic acids is 1. The second kappa shape index (κ2) is 5.66. The van der Waals surface area contributed by atoms with Crippen LogP contribution >= 0.6 is 11.6 Å². The molecule has 0 unspecified atom stereocenters. The van der Waals surface area contributed by atoms with Crippen LogP contribution in [0.1, 0.15) is 15.9 Å². The molecule has 0 atom stereocenters.